The van der Waals surface area contributed by atoms with E-state index in [0.717, 1.165) is 5.56 Å². The van der Waals surface area contributed by atoms with Gasteiger partial charge in [-0.3, -0.25) is 14.4 Å². The molecule has 0 radical (unpaired) electrons. The number of amides is 3. The lowest BCUT2D eigenvalue weighted by molar-refractivity contribution is -0.135. The van der Waals surface area contributed by atoms with Crippen LogP contribution < -0.4 is 15.4 Å². The van der Waals surface area contributed by atoms with E-state index in [2.05, 4.69) is 10.6 Å². The monoisotopic (exact) mass is 479 g/mol. The summed E-state index contributed by atoms with van der Waals surface area (Å²) in [6, 6.07) is 16.3. The van der Waals surface area contributed by atoms with Gasteiger partial charge in [0.25, 0.3) is 5.91 Å². The van der Waals surface area contributed by atoms with Crippen LogP contribution in [0.3, 0.4) is 0 Å². The molecule has 0 saturated carbocycles. The number of piperidine rings is 1. The van der Waals surface area contributed by atoms with Gasteiger partial charge in [-0.15, -0.1) is 0 Å². The number of likely N-dealkylation sites (tertiary alicyclic amines) is 1. The number of nitrogens with one attached hydrogen (secondary N) is 2. The molecule has 188 valence electrons. The van der Waals surface area contributed by atoms with Gasteiger partial charge in [-0.05, 0) is 61.9 Å². The number of benzene rings is 2. The number of hydrogen-bond donors (Lipinski definition) is 2. The highest BCUT2D eigenvalue weighted by Crippen LogP contribution is 2.17. The molecule has 0 aliphatic carbocycles. The number of nitrogens with zero attached hydrogens (tertiary/aromatic N) is 1. The van der Waals surface area contributed by atoms with Gasteiger partial charge in [0.1, 0.15) is 11.8 Å². The molecule has 2 aromatic carbocycles. The van der Waals surface area contributed by atoms with E-state index in [-0.39, 0.29) is 29.7 Å². The van der Waals surface area contributed by atoms with E-state index in [4.69, 9.17) is 4.74 Å². The average Bonchev–Trinajstić information content (AvgIpc) is 2.87. The second-order valence-electron chi connectivity index (χ2n) is 9.31. The van der Waals surface area contributed by atoms with Gasteiger partial charge in [0.15, 0.2) is 0 Å². The Morgan fingerprint density at radius 2 is 1.66 bits per heavy atom. The largest absolute Gasteiger partial charge is 0.494 e. The van der Waals surface area contributed by atoms with E-state index in [1.807, 2.05) is 51.1 Å². The van der Waals surface area contributed by atoms with Crippen LogP contribution in [0.25, 0.3) is 0 Å². The number of aryl methyl sites for hydroxylation is 1. The molecule has 2 aromatic rings. The van der Waals surface area contributed by atoms with E-state index in [9.17, 15) is 14.4 Å². The average molecular weight is 480 g/mol. The summed E-state index contributed by atoms with van der Waals surface area (Å²) in [4.78, 5) is 40.2. The van der Waals surface area contributed by atoms with Gasteiger partial charge in [0, 0.05) is 31.1 Å². The van der Waals surface area contributed by atoms with Crippen molar-refractivity contribution in [1.29, 1.82) is 0 Å². The van der Waals surface area contributed by atoms with Crippen LogP contribution in [-0.2, 0) is 16.0 Å². The van der Waals surface area contributed by atoms with Crippen molar-refractivity contribution in [2.75, 3.05) is 19.7 Å². The smallest absolute Gasteiger partial charge is 0.251 e. The maximum atomic E-state index is 13.2. The minimum absolute atomic E-state index is 0.0429. The van der Waals surface area contributed by atoms with Crippen molar-refractivity contribution >= 4 is 17.7 Å². The Hall–Kier alpha value is -3.35. The van der Waals surface area contributed by atoms with Crippen LogP contribution >= 0.6 is 0 Å². The fraction of sp³-hybridized carbons (Fsp3) is 0.464. The van der Waals surface area contributed by atoms with E-state index < -0.39 is 6.04 Å². The zero-order valence-electron chi connectivity index (χ0n) is 21.0. The summed E-state index contributed by atoms with van der Waals surface area (Å²) in [6.45, 7) is 7.45. The second kappa shape index (κ2) is 12.9. The standard InChI is InChI=1S/C28H37N3O4/c1-4-35-24-13-11-22(12-14-24)27(33)30-26(20(2)3)28(34)31-18-16-23(17-19-31)29-25(32)15-10-21-8-6-5-7-9-21/h5-9,11-14,20,23,26H,4,10,15-19H2,1-3H3,(H,29,32)(H,30,33). The zero-order chi connectivity index (χ0) is 25.2. The Kier molecular flexibility index (Phi) is 9.70. The molecule has 0 bridgehead atoms. The first-order chi connectivity index (χ1) is 16.9. The molecule has 2 N–H and O–H groups in total. The lowest BCUT2D eigenvalue weighted by Gasteiger charge is -2.35. The first-order valence-electron chi connectivity index (χ1n) is 12.5. The normalized spacial score (nSPS) is 14.9. The number of carbonyl (C=O) groups excluding carboxylic acids is 3. The first-order valence-corrected chi connectivity index (χ1v) is 12.5. The second-order valence-corrected chi connectivity index (χ2v) is 9.31. The Labute approximate surface area is 208 Å². The van der Waals surface area contributed by atoms with Gasteiger partial charge >= 0.3 is 0 Å². The van der Waals surface area contributed by atoms with Crippen LogP contribution in [0.5, 0.6) is 5.75 Å². The molecule has 0 spiro atoms. The Balaban J connectivity index is 1.47. The summed E-state index contributed by atoms with van der Waals surface area (Å²) in [7, 11) is 0. The predicted molar refractivity (Wildman–Crippen MR) is 136 cm³/mol. The summed E-state index contributed by atoms with van der Waals surface area (Å²) in [6.07, 6.45) is 2.59. The number of ether oxygens (including phenoxy) is 1. The van der Waals surface area contributed by atoms with E-state index in [1.165, 1.54) is 0 Å². The highest BCUT2D eigenvalue weighted by Gasteiger charge is 2.31. The lowest BCUT2D eigenvalue weighted by Crippen LogP contribution is -2.54. The fourth-order valence-corrected chi connectivity index (χ4v) is 4.25. The molecule has 1 aliphatic rings. The van der Waals surface area contributed by atoms with Crippen molar-refractivity contribution in [3.8, 4) is 5.75 Å². The topological polar surface area (TPSA) is 87.7 Å². The predicted octanol–water partition coefficient (Wildman–Crippen LogP) is 3.58. The fourth-order valence-electron chi connectivity index (χ4n) is 4.25. The maximum Gasteiger partial charge on any atom is 0.251 e. The lowest BCUT2D eigenvalue weighted by atomic mass is 9.99. The molecule has 35 heavy (non-hydrogen) atoms. The molecule has 1 aliphatic heterocycles. The van der Waals surface area contributed by atoms with Gasteiger partial charge < -0.3 is 20.3 Å². The van der Waals surface area contributed by atoms with Crippen molar-refractivity contribution in [1.82, 2.24) is 15.5 Å². The minimum atomic E-state index is -0.605. The summed E-state index contributed by atoms with van der Waals surface area (Å²) < 4.78 is 5.43. The molecule has 1 unspecified atom stereocenters. The van der Waals surface area contributed by atoms with Crippen LogP contribution in [0, 0.1) is 5.92 Å². The molecule has 3 amide bonds. The van der Waals surface area contributed by atoms with Crippen LogP contribution in [-0.4, -0.2) is 54.4 Å². The summed E-state index contributed by atoms with van der Waals surface area (Å²) in [5.74, 6) is 0.343. The molecular weight excluding hydrogens is 442 g/mol. The Morgan fingerprint density at radius 1 is 1.00 bits per heavy atom. The third-order valence-corrected chi connectivity index (χ3v) is 6.30. The summed E-state index contributed by atoms with van der Waals surface area (Å²) in [5, 5.41) is 6.03. The summed E-state index contributed by atoms with van der Waals surface area (Å²) >= 11 is 0. The Bertz CT molecular complexity index is 967. The summed E-state index contributed by atoms with van der Waals surface area (Å²) in [5.41, 5.74) is 1.64. The van der Waals surface area contributed by atoms with E-state index in [1.54, 1.807) is 29.2 Å². The van der Waals surface area contributed by atoms with Gasteiger partial charge in [0.05, 0.1) is 6.61 Å². The van der Waals surface area contributed by atoms with Crippen molar-refractivity contribution in [2.45, 2.75) is 58.5 Å². The van der Waals surface area contributed by atoms with Gasteiger partial charge in [-0.2, -0.15) is 0 Å². The van der Waals surface area contributed by atoms with Crippen molar-refractivity contribution < 1.29 is 19.1 Å². The van der Waals surface area contributed by atoms with Crippen LogP contribution in [0.2, 0.25) is 0 Å². The van der Waals surface area contributed by atoms with Crippen LogP contribution in [0.1, 0.15) is 56.0 Å². The van der Waals surface area contributed by atoms with Gasteiger partial charge in [-0.1, -0.05) is 44.2 Å². The minimum Gasteiger partial charge on any atom is -0.494 e. The highest BCUT2D eigenvalue weighted by atomic mass is 16.5. The quantitative estimate of drug-likeness (QED) is 0.545. The molecule has 1 saturated heterocycles. The molecule has 7 nitrogen and oxygen atoms in total. The Morgan fingerprint density at radius 3 is 2.26 bits per heavy atom. The van der Waals surface area contributed by atoms with Gasteiger partial charge in [-0.25, -0.2) is 0 Å². The third-order valence-electron chi connectivity index (χ3n) is 6.30. The number of rotatable bonds is 10. The first kappa shape index (κ1) is 26.3. The maximum absolute atomic E-state index is 13.2. The molecule has 1 fully saturated rings. The van der Waals surface area contributed by atoms with Crippen molar-refractivity contribution in [2.24, 2.45) is 5.92 Å². The highest BCUT2D eigenvalue weighted by molar-refractivity contribution is 5.97. The van der Waals surface area contributed by atoms with Crippen molar-refractivity contribution in [3.63, 3.8) is 0 Å². The molecule has 0 aromatic heterocycles. The van der Waals surface area contributed by atoms with Crippen LogP contribution in [0.4, 0.5) is 0 Å². The third kappa shape index (κ3) is 7.84. The SMILES string of the molecule is CCOc1ccc(C(=O)NC(C(=O)N2CCC(NC(=O)CCc3ccccc3)CC2)C(C)C)cc1. The molecular formula is C28H37N3O4. The van der Waals surface area contributed by atoms with E-state index in [0.29, 0.717) is 56.7 Å². The van der Waals surface area contributed by atoms with Crippen molar-refractivity contribution in [3.05, 3.63) is 65.7 Å². The molecule has 1 heterocycles. The van der Waals surface area contributed by atoms with Gasteiger partial charge in [0.2, 0.25) is 11.8 Å². The number of carbonyl (C=O) groups is 3. The molecule has 3 rings (SSSR count). The zero-order valence-corrected chi connectivity index (χ0v) is 21.0. The molecule has 7 heteroatoms. The number of hydrogen-bond acceptors (Lipinski definition) is 4. The molecule has 1 atom stereocenters. The van der Waals surface area contributed by atoms with E-state index >= 15 is 0 Å². The van der Waals surface area contributed by atoms with Crippen LogP contribution in [0.15, 0.2) is 54.6 Å².